The fraction of sp³-hybridized carbons (Fsp3) is 0.857. The molecule has 0 heterocycles. The van der Waals surface area contributed by atoms with Gasteiger partial charge in [-0.15, -0.1) is 0 Å². The molecule has 0 aromatic heterocycles. The molecule has 0 saturated heterocycles. The molecule has 0 nitrogen and oxygen atoms in total. The Labute approximate surface area is 89.8 Å². The molecule has 1 aliphatic rings. The highest BCUT2D eigenvalue weighted by Gasteiger charge is 2.25. The lowest BCUT2D eigenvalue weighted by molar-refractivity contribution is 0.204. The number of hydrogen-bond acceptors (Lipinski definition) is 0. The van der Waals surface area contributed by atoms with E-state index in [1.54, 1.807) is 0 Å². The molecule has 0 N–H and O–H groups in total. The monoisotopic (exact) mass is 194 g/mol. The van der Waals surface area contributed by atoms with Crippen molar-refractivity contribution in [1.29, 1.82) is 0 Å². The van der Waals surface area contributed by atoms with Gasteiger partial charge in [0.1, 0.15) is 0 Å². The van der Waals surface area contributed by atoms with Crippen LogP contribution in [0.15, 0.2) is 12.2 Å². The summed E-state index contributed by atoms with van der Waals surface area (Å²) in [6.07, 6.45) is 13.4. The number of rotatable bonds is 4. The van der Waals surface area contributed by atoms with Gasteiger partial charge in [0, 0.05) is 0 Å². The van der Waals surface area contributed by atoms with Crippen molar-refractivity contribution in [3.8, 4) is 0 Å². The van der Waals surface area contributed by atoms with Crippen molar-refractivity contribution in [3.05, 3.63) is 12.2 Å². The highest BCUT2D eigenvalue weighted by atomic mass is 14.3. The Hall–Kier alpha value is -0.260. The van der Waals surface area contributed by atoms with Crippen LogP contribution in [0.2, 0.25) is 0 Å². The molecule has 0 aromatic rings. The maximum atomic E-state index is 2.39. The highest BCUT2D eigenvalue weighted by Crippen LogP contribution is 2.36. The number of allylic oxidation sites excluding steroid dienone is 2. The normalized spacial score (nSPS) is 23.9. The van der Waals surface area contributed by atoms with Gasteiger partial charge in [0.15, 0.2) is 0 Å². The SMILES string of the molecule is C/C=C/[C@H](C)[C@@H](CC)C1CCCCC1. The van der Waals surface area contributed by atoms with Crippen LogP contribution in [0.4, 0.5) is 0 Å². The summed E-state index contributed by atoms with van der Waals surface area (Å²) in [6.45, 7) is 6.89. The van der Waals surface area contributed by atoms with Gasteiger partial charge in [-0.1, -0.05) is 64.5 Å². The zero-order valence-electron chi connectivity index (χ0n) is 10.1. The van der Waals surface area contributed by atoms with Crippen LogP contribution in [0.25, 0.3) is 0 Å². The molecule has 0 amide bonds. The second kappa shape index (κ2) is 6.27. The largest absolute Gasteiger partial charge is 0.0914 e. The Bertz CT molecular complexity index is 163. The molecular formula is C14H26. The van der Waals surface area contributed by atoms with E-state index < -0.39 is 0 Å². The maximum Gasteiger partial charge on any atom is -0.0231 e. The molecule has 1 saturated carbocycles. The minimum Gasteiger partial charge on any atom is -0.0914 e. The molecule has 1 aliphatic carbocycles. The maximum absolute atomic E-state index is 2.39. The van der Waals surface area contributed by atoms with Gasteiger partial charge in [-0.2, -0.15) is 0 Å². The Morgan fingerprint density at radius 3 is 2.36 bits per heavy atom. The Kier molecular flexibility index (Phi) is 5.29. The summed E-state index contributed by atoms with van der Waals surface area (Å²) in [7, 11) is 0. The van der Waals surface area contributed by atoms with Crippen molar-refractivity contribution in [2.75, 3.05) is 0 Å². The van der Waals surface area contributed by atoms with E-state index >= 15 is 0 Å². The standard InChI is InChI=1S/C14H26/c1-4-9-12(3)14(5-2)13-10-7-6-8-11-13/h4,9,12-14H,5-8,10-11H2,1-3H3/b9-4+/t12-,14+/m0/s1. The van der Waals surface area contributed by atoms with Gasteiger partial charge in [0.05, 0.1) is 0 Å². The predicted molar refractivity (Wildman–Crippen MR) is 64.3 cm³/mol. The smallest absolute Gasteiger partial charge is 0.0231 e. The Morgan fingerprint density at radius 2 is 1.86 bits per heavy atom. The first-order valence-electron chi connectivity index (χ1n) is 6.42. The van der Waals surface area contributed by atoms with Crippen LogP contribution in [-0.4, -0.2) is 0 Å². The highest BCUT2D eigenvalue weighted by molar-refractivity contribution is 4.89. The zero-order chi connectivity index (χ0) is 10.4. The third-order valence-corrected chi connectivity index (χ3v) is 3.90. The van der Waals surface area contributed by atoms with E-state index in [1.165, 1.54) is 38.5 Å². The van der Waals surface area contributed by atoms with E-state index in [0.29, 0.717) is 0 Å². The number of hydrogen-bond donors (Lipinski definition) is 0. The third-order valence-electron chi connectivity index (χ3n) is 3.90. The topological polar surface area (TPSA) is 0 Å². The van der Waals surface area contributed by atoms with Crippen LogP contribution in [0, 0.1) is 17.8 Å². The third kappa shape index (κ3) is 3.15. The molecule has 0 bridgehead atoms. The molecule has 0 heteroatoms. The van der Waals surface area contributed by atoms with E-state index in [-0.39, 0.29) is 0 Å². The van der Waals surface area contributed by atoms with Gasteiger partial charge in [0.25, 0.3) is 0 Å². The van der Waals surface area contributed by atoms with Gasteiger partial charge < -0.3 is 0 Å². The second-order valence-electron chi connectivity index (χ2n) is 4.86. The molecule has 0 radical (unpaired) electrons. The summed E-state index contributed by atoms with van der Waals surface area (Å²) >= 11 is 0. The van der Waals surface area contributed by atoms with Crippen molar-refractivity contribution in [2.24, 2.45) is 17.8 Å². The summed E-state index contributed by atoms with van der Waals surface area (Å²) in [5.41, 5.74) is 0. The average Bonchev–Trinajstić information content (AvgIpc) is 2.21. The molecule has 0 spiro atoms. The molecule has 0 aliphatic heterocycles. The summed E-state index contributed by atoms with van der Waals surface area (Å²) in [6, 6.07) is 0. The van der Waals surface area contributed by atoms with Gasteiger partial charge in [-0.05, 0) is 24.7 Å². The first kappa shape index (κ1) is 11.8. The van der Waals surface area contributed by atoms with Crippen molar-refractivity contribution in [3.63, 3.8) is 0 Å². The van der Waals surface area contributed by atoms with Crippen molar-refractivity contribution in [1.82, 2.24) is 0 Å². The Morgan fingerprint density at radius 1 is 1.21 bits per heavy atom. The average molecular weight is 194 g/mol. The zero-order valence-corrected chi connectivity index (χ0v) is 10.1. The lowest BCUT2D eigenvalue weighted by Gasteiger charge is -2.32. The summed E-state index contributed by atoms with van der Waals surface area (Å²) < 4.78 is 0. The van der Waals surface area contributed by atoms with E-state index in [4.69, 9.17) is 0 Å². The van der Waals surface area contributed by atoms with Crippen LogP contribution in [0.3, 0.4) is 0 Å². The molecule has 14 heavy (non-hydrogen) atoms. The van der Waals surface area contributed by atoms with Crippen LogP contribution in [0.1, 0.15) is 59.3 Å². The predicted octanol–water partition coefficient (Wildman–Crippen LogP) is 4.81. The van der Waals surface area contributed by atoms with E-state index in [9.17, 15) is 0 Å². The molecule has 2 atom stereocenters. The van der Waals surface area contributed by atoms with Crippen LogP contribution in [0.5, 0.6) is 0 Å². The van der Waals surface area contributed by atoms with E-state index in [2.05, 4.69) is 32.9 Å². The van der Waals surface area contributed by atoms with Crippen molar-refractivity contribution >= 4 is 0 Å². The fourth-order valence-electron chi connectivity index (χ4n) is 3.14. The molecular weight excluding hydrogens is 168 g/mol. The minimum absolute atomic E-state index is 0.785. The van der Waals surface area contributed by atoms with Crippen LogP contribution < -0.4 is 0 Å². The molecule has 0 unspecified atom stereocenters. The minimum atomic E-state index is 0.785. The van der Waals surface area contributed by atoms with Gasteiger partial charge >= 0.3 is 0 Å². The molecule has 82 valence electrons. The van der Waals surface area contributed by atoms with Gasteiger partial charge in [0.2, 0.25) is 0 Å². The fourth-order valence-corrected chi connectivity index (χ4v) is 3.14. The summed E-state index contributed by atoms with van der Waals surface area (Å²) in [5, 5.41) is 0. The van der Waals surface area contributed by atoms with Crippen LogP contribution >= 0.6 is 0 Å². The Balaban J connectivity index is 2.50. The first-order chi connectivity index (χ1) is 6.79. The summed E-state index contributed by atoms with van der Waals surface area (Å²) in [5.74, 6) is 2.74. The molecule has 1 fully saturated rings. The van der Waals surface area contributed by atoms with Crippen molar-refractivity contribution in [2.45, 2.75) is 59.3 Å². The van der Waals surface area contributed by atoms with Crippen molar-refractivity contribution < 1.29 is 0 Å². The van der Waals surface area contributed by atoms with Gasteiger partial charge in [-0.3, -0.25) is 0 Å². The van der Waals surface area contributed by atoms with E-state index in [0.717, 1.165) is 17.8 Å². The van der Waals surface area contributed by atoms with Crippen LogP contribution in [-0.2, 0) is 0 Å². The lowest BCUT2D eigenvalue weighted by atomic mass is 9.73. The lowest BCUT2D eigenvalue weighted by Crippen LogP contribution is -2.22. The molecule has 0 aromatic carbocycles. The molecule has 1 rings (SSSR count). The first-order valence-corrected chi connectivity index (χ1v) is 6.42. The second-order valence-corrected chi connectivity index (χ2v) is 4.86. The quantitative estimate of drug-likeness (QED) is 0.564. The van der Waals surface area contributed by atoms with E-state index in [1.807, 2.05) is 0 Å². The van der Waals surface area contributed by atoms with Gasteiger partial charge in [-0.25, -0.2) is 0 Å². The summed E-state index contributed by atoms with van der Waals surface area (Å²) in [4.78, 5) is 0.